The minimum absolute atomic E-state index is 0.0242. The van der Waals surface area contributed by atoms with Crippen LogP contribution in [0.4, 0.5) is 17.1 Å². The molecular formula is C27H21N3O9. The number of amides is 3. The van der Waals surface area contributed by atoms with Crippen LogP contribution in [0.3, 0.4) is 0 Å². The van der Waals surface area contributed by atoms with Gasteiger partial charge in [-0.2, -0.15) is 0 Å². The highest BCUT2D eigenvalue weighted by atomic mass is 16.3. The maximum Gasteiger partial charge on any atom is 0.259 e. The number of phenolic OH excluding ortho intramolecular Hbond substituents is 6. The summed E-state index contributed by atoms with van der Waals surface area (Å²) >= 11 is 0. The molecule has 0 fully saturated rings. The molecule has 0 saturated heterocycles. The van der Waals surface area contributed by atoms with Crippen LogP contribution in [0, 0.1) is 0 Å². The van der Waals surface area contributed by atoms with E-state index in [4.69, 9.17) is 0 Å². The number of benzene rings is 4. The summed E-state index contributed by atoms with van der Waals surface area (Å²) < 4.78 is 0. The van der Waals surface area contributed by atoms with Crippen molar-refractivity contribution < 1.29 is 45.0 Å². The zero-order chi connectivity index (χ0) is 28.3. The van der Waals surface area contributed by atoms with Gasteiger partial charge in [0.15, 0.2) is 34.5 Å². The normalized spacial score (nSPS) is 10.5. The first-order chi connectivity index (χ1) is 18.5. The Bertz CT molecular complexity index is 1420. The molecule has 198 valence electrons. The monoisotopic (exact) mass is 531 g/mol. The molecule has 12 nitrogen and oxygen atoms in total. The molecule has 0 aliphatic heterocycles. The third kappa shape index (κ3) is 5.59. The van der Waals surface area contributed by atoms with Crippen molar-refractivity contribution in [3.05, 3.63) is 89.5 Å². The van der Waals surface area contributed by atoms with E-state index >= 15 is 0 Å². The van der Waals surface area contributed by atoms with Gasteiger partial charge in [0.2, 0.25) is 0 Å². The van der Waals surface area contributed by atoms with Crippen LogP contribution >= 0.6 is 0 Å². The van der Waals surface area contributed by atoms with Crippen molar-refractivity contribution in [1.82, 2.24) is 0 Å². The van der Waals surface area contributed by atoms with Crippen LogP contribution in [0.5, 0.6) is 34.5 Å². The molecule has 0 aliphatic rings. The molecular weight excluding hydrogens is 510 g/mol. The van der Waals surface area contributed by atoms with Crippen LogP contribution < -0.4 is 16.0 Å². The number of rotatable bonds is 6. The van der Waals surface area contributed by atoms with Gasteiger partial charge in [0.05, 0.1) is 16.7 Å². The van der Waals surface area contributed by atoms with Gasteiger partial charge in [-0.05, 0) is 54.6 Å². The van der Waals surface area contributed by atoms with Gasteiger partial charge in [0.1, 0.15) is 0 Å². The highest BCUT2D eigenvalue weighted by Gasteiger charge is 2.19. The van der Waals surface area contributed by atoms with Crippen LogP contribution in [0.2, 0.25) is 0 Å². The lowest BCUT2D eigenvalue weighted by Gasteiger charge is -2.14. The van der Waals surface area contributed by atoms with Gasteiger partial charge in [-0.3, -0.25) is 14.4 Å². The van der Waals surface area contributed by atoms with E-state index in [-0.39, 0.29) is 33.8 Å². The molecule has 12 heteroatoms. The van der Waals surface area contributed by atoms with Gasteiger partial charge in [-0.1, -0.05) is 18.2 Å². The van der Waals surface area contributed by atoms with Crippen molar-refractivity contribution in [2.75, 3.05) is 16.0 Å². The van der Waals surface area contributed by atoms with Gasteiger partial charge in [-0.25, -0.2) is 0 Å². The Balaban J connectivity index is 1.69. The molecule has 0 spiro atoms. The molecule has 0 saturated carbocycles. The average molecular weight is 531 g/mol. The van der Waals surface area contributed by atoms with Crippen LogP contribution in [-0.4, -0.2) is 48.4 Å². The van der Waals surface area contributed by atoms with Gasteiger partial charge >= 0.3 is 0 Å². The molecule has 0 aliphatic carbocycles. The Labute approximate surface area is 220 Å². The first-order valence-corrected chi connectivity index (χ1v) is 11.2. The van der Waals surface area contributed by atoms with E-state index < -0.39 is 52.2 Å². The molecule has 4 aromatic carbocycles. The molecule has 0 unspecified atom stereocenters. The lowest BCUT2D eigenvalue weighted by molar-refractivity contribution is 0.101. The third-order valence-electron chi connectivity index (χ3n) is 5.48. The molecule has 39 heavy (non-hydrogen) atoms. The SMILES string of the molecule is O=C(Nc1cc(NC(=O)c2cccc(O)c2O)cc(NC(=O)c2cccc(O)c2O)c1)c1cccc(O)c1O. The fourth-order valence-corrected chi connectivity index (χ4v) is 3.58. The second-order valence-electron chi connectivity index (χ2n) is 8.18. The summed E-state index contributed by atoms with van der Waals surface area (Å²) in [4.78, 5) is 38.3. The molecule has 4 rings (SSSR count). The third-order valence-corrected chi connectivity index (χ3v) is 5.48. The first-order valence-electron chi connectivity index (χ1n) is 11.2. The Morgan fingerprint density at radius 3 is 0.949 bits per heavy atom. The fourth-order valence-electron chi connectivity index (χ4n) is 3.58. The zero-order valence-corrected chi connectivity index (χ0v) is 19.8. The van der Waals surface area contributed by atoms with Gasteiger partial charge < -0.3 is 46.6 Å². The van der Waals surface area contributed by atoms with Crippen molar-refractivity contribution in [1.29, 1.82) is 0 Å². The highest BCUT2D eigenvalue weighted by molar-refractivity contribution is 6.11. The molecule has 3 amide bonds. The summed E-state index contributed by atoms with van der Waals surface area (Å²) in [5.41, 5.74) is -0.707. The average Bonchev–Trinajstić information content (AvgIpc) is 2.88. The van der Waals surface area contributed by atoms with Crippen molar-refractivity contribution >= 4 is 34.8 Å². The minimum atomic E-state index is -0.833. The number of nitrogens with one attached hydrogen (secondary N) is 3. The Morgan fingerprint density at radius 2 is 0.692 bits per heavy atom. The fraction of sp³-hybridized carbons (Fsp3) is 0. The van der Waals surface area contributed by atoms with Gasteiger partial charge in [-0.15, -0.1) is 0 Å². The van der Waals surface area contributed by atoms with E-state index in [1.807, 2.05) is 0 Å². The van der Waals surface area contributed by atoms with E-state index in [1.54, 1.807) is 0 Å². The molecule has 0 heterocycles. The minimum Gasteiger partial charge on any atom is -0.504 e. The summed E-state index contributed by atoms with van der Waals surface area (Å²) in [7, 11) is 0. The number of hydrogen-bond acceptors (Lipinski definition) is 9. The summed E-state index contributed by atoms with van der Waals surface area (Å²) in [5.74, 6) is -6.04. The Kier molecular flexibility index (Phi) is 7.11. The largest absolute Gasteiger partial charge is 0.504 e. The van der Waals surface area contributed by atoms with Crippen LogP contribution in [0.15, 0.2) is 72.8 Å². The van der Waals surface area contributed by atoms with E-state index in [9.17, 15) is 45.0 Å². The maximum absolute atomic E-state index is 12.8. The lowest BCUT2D eigenvalue weighted by atomic mass is 10.1. The number of carbonyl (C=O) groups excluding carboxylic acids is 3. The quantitative estimate of drug-likeness (QED) is 0.166. The van der Waals surface area contributed by atoms with Crippen LogP contribution in [0.1, 0.15) is 31.1 Å². The van der Waals surface area contributed by atoms with Crippen LogP contribution in [-0.2, 0) is 0 Å². The highest BCUT2D eigenvalue weighted by Crippen LogP contribution is 2.33. The van der Waals surface area contributed by atoms with Crippen molar-refractivity contribution in [2.24, 2.45) is 0 Å². The molecule has 0 bridgehead atoms. The topological polar surface area (TPSA) is 209 Å². The van der Waals surface area contributed by atoms with Crippen molar-refractivity contribution in [3.63, 3.8) is 0 Å². The smallest absolute Gasteiger partial charge is 0.259 e. The number of para-hydroxylation sites is 3. The molecule has 9 N–H and O–H groups in total. The summed E-state index contributed by atoms with van der Waals surface area (Å²) in [6, 6.07) is 15.3. The number of hydrogen-bond donors (Lipinski definition) is 9. The van der Waals surface area contributed by atoms with Crippen molar-refractivity contribution in [2.45, 2.75) is 0 Å². The standard InChI is InChI=1S/C27H21N3O9/c31-19-7-1-4-16(22(19)34)25(37)28-13-10-14(29-26(38)17-5-2-8-20(32)23(17)35)12-15(11-13)30-27(39)18-6-3-9-21(33)24(18)36/h1-12,31-36H,(H,28,37)(H,29,38)(H,30,39). The number of phenols is 6. The summed E-state index contributed by atoms with van der Waals surface area (Å²) in [5, 5.41) is 66.6. The number of carbonyl (C=O) groups is 3. The molecule has 0 aromatic heterocycles. The van der Waals surface area contributed by atoms with E-state index in [2.05, 4.69) is 16.0 Å². The second kappa shape index (κ2) is 10.6. The maximum atomic E-state index is 12.8. The van der Waals surface area contributed by atoms with Crippen LogP contribution in [0.25, 0.3) is 0 Å². The van der Waals surface area contributed by atoms with Crippen molar-refractivity contribution in [3.8, 4) is 34.5 Å². The van der Waals surface area contributed by atoms with E-state index in [0.29, 0.717) is 0 Å². The summed E-state index contributed by atoms with van der Waals surface area (Å²) in [6.07, 6.45) is 0. The van der Waals surface area contributed by atoms with E-state index in [1.165, 1.54) is 72.8 Å². The lowest BCUT2D eigenvalue weighted by Crippen LogP contribution is -2.16. The molecule has 0 radical (unpaired) electrons. The molecule has 0 atom stereocenters. The predicted molar refractivity (Wildman–Crippen MR) is 140 cm³/mol. The van der Waals surface area contributed by atoms with Gasteiger partial charge in [0.25, 0.3) is 17.7 Å². The predicted octanol–water partition coefficient (Wildman–Crippen LogP) is 3.68. The Morgan fingerprint density at radius 1 is 0.436 bits per heavy atom. The second-order valence-corrected chi connectivity index (χ2v) is 8.18. The number of anilines is 3. The zero-order valence-electron chi connectivity index (χ0n) is 19.8. The van der Waals surface area contributed by atoms with E-state index in [0.717, 1.165) is 0 Å². The first kappa shape index (κ1) is 26.2. The molecule has 4 aromatic rings. The summed E-state index contributed by atoms with van der Waals surface area (Å²) in [6.45, 7) is 0. The van der Waals surface area contributed by atoms with Gasteiger partial charge in [0, 0.05) is 17.1 Å². The Hall–Kier alpha value is -5.91. The number of aromatic hydroxyl groups is 6.